The molecule has 2 heterocycles. The minimum Gasteiger partial charge on any atom is -0.490 e. The second kappa shape index (κ2) is 5.88. The Morgan fingerprint density at radius 1 is 1.53 bits per heavy atom. The summed E-state index contributed by atoms with van der Waals surface area (Å²) in [7, 11) is 1.38. The summed E-state index contributed by atoms with van der Waals surface area (Å²) in [6, 6.07) is 1.15. The van der Waals surface area contributed by atoms with Crippen LogP contribution in [0.1, 0.15) is 29.8 Å². The van der Waals surface area contributed by atoms with E-state index in [2.05, 4.69) is 0 Å². The SMILES string of the molecule is COc1coc(C(=O)N2CCCCC(N)C2)cc1=O. The van der Waals surface area contributed by atoms with Crippen molar-refractivity contribution >= 4 is 5.91 Å². The lowest BCUT2D eigenvalue weighted by molar-refractivity contribution is 0.0719. The van der Waals surface area contributed by atoms with Gasteiger partial charge in [-0.25, -0.2) is 0 Å². The van der Waals surface area contributed by atoms with Crippen molar-refractivity contribution in [1.82, 2.24) is 4.90 Å². The summed E-state index contributed by atoms with van der Waals surface area (Å²) in [4.78, 5) is 25.5. The van der Waals surface area contributed by atoms with Gasteiger partial charge in [0.25, 0.3) is 5.91 Å². The highest BCUT2D eigenvalue weighted by Gasteiger charge is 2.23. The molecule has 6 heteroatoms. The summed E-state index contributed by atoms with van der Waals surface area (Å²) in [5.74, 6) is -0.180. The molecule has 1 aromatic rings. The lowest BCUT2D eigenvalue weighted by Gasteiger charge is -2.21. The van der Waals surface area contributed by atoms with Crippen LogP contribution in [-0.2, 0) is 0 Å². The molecule has 1 amide bonds. The molecule has 0 aromatic carbocycles. The number of likely N-dealkylation sites (tertiary alicyclic amines) is 1. The van der Waals surface area contributed by atoms with Crippen LogP contribution in [0.25, 0.3) is 0 Å². The van der Waals surface area contributed by atoms with Gasteiger partial charge >= 0.3 is 0 Å². The lowest BCUT2D eigenvalue weighted by atomic mass is 10.2. The van der Waals surface area contributed by atoms with Crippen LogP contribution >= 0.6 is 0 Å². The topological polar surface area (TPSA) is 85.8 Å². The highest BCUT2D eigenvalue weighted by Crippen LogP contribution is 2.13. The Balaban J connectivity index is 2.18. The fourth-order valence-electron chi connectivity index (χ4n) is 2.18. The van der Waals surface area contributed by atoms with Gasteiger partial charge in [0.2, 0.25) is 11.2 Å². The maximum atomic E-state index is 12.2. The third-order valence-electron chi connectivity index (χ3n) is 3.22. The number of nitrogens with two attached hydrogens (primary N) is 1. The normalized spacial score (nSPS) is 19.9. The predicted molar refractivity (Wildman–Crippen MR) is 69.3 cm³/mol. The van der Waals surface area contributed by atoms with E-state index < -0.39 is 0 Å². The first-order valence-corrected chi connectivity index (χ1v) is 6.33. The number of ether oxygens (including phenoxy) is 1. The summed E-state index contributed by atoms with van der Waals surface area (Å²) in [6.07, 6.45) is 4.00. The molecule has 6 nitrogen and oxygen atoms in total. The molecule has 1 aromatic heterocycles. The number of amides is 1. The minimum absolute atomic E-state index is 0.0172. The molecule has 19 heavy (non-hydrogen) atoms. The number of carbonyl (C=O) groups is 1. The Morgan fingerprint density at radius 3 is 3.00 bits per heavy atom. The first-order valence-electron chi connectivity index (χ1n) is 6.33. The number of methoxy groups -OCH3 is 1. The van der Waals surface area contributed by atoms with E-state index in [1.807, 2.05) is 0 Å². The highest BCUT2D eigenvalue weighted by molar-refractivity contribution is 5.91. The van der Waals surface area contributed by atoms with Crippen molar-refractivity contribution in [3.8, 4) is 5.75 Å². The zero-order valence-corrected chi connectivity index (χ0v) is 10.9. The average molecular weight is 266 g/mol. The Bertz CT molecular complexity index is 512. The van der Waals surface area contributed by atoms with Gasteiger partial charge in [-0.05, 0) is 12.8 Å². The van der Waals surface area contributed by atoms with E-state index in [0.717, 1.165) is 31.6 Å². The molecular weight excluding hydrogens is 248 g/mol. The van der Waals surface area contributed by atoms with Crippen LogP contribution in [0.4, 0.5) is 0 Å². The first-order chi connectivity index (χ1) is 9.11. The van der Waals surface area contributed by atoms with E-state index in [0.29, 0.717) is 13.1 Å². The van der Waals surface area contributed by atoms with Gasteiger partial charge in [-0.2, -0.15) is 0 Å². The first kappa shape index (κ1) is 13.6. The van der Waals surface area contributed by atoms with Gasteiger partial charge in [0.15, 0.2) is 5.76 Å². The Hall–Kier alpha value is -1.82. The smallest absolute Gasteiger partial charge is 0.289 e. The summed E-state index contributed by atoms with van der Waals surface area (Å²) >= 11 is 0. The monoisotopic (exact) mass is 266 g/mol. The summed E-state index contributed by atoms with van der Waals surface area (Å²) in [5, 5.41) is 0. The molecule has 0 radical (unpaired) electrons. The summed E-state index contributed by atoms with van der Waals surface area (Å²) < 4.78 is 9.98. The lowest BCUT2D eigenvalue weighted by Crippen LogP contribution is -2.39. The van der Waals surface area contributed by atoms with Gasteiger partial charge in [-0.1, -0.05) is 6.42 Å². The maximum Gasteiger partial charge on any atom is 0.289 e. The zero-order valence-electron chi connectivity index (χ0n) is 10.9. The Labute approximate surface area is 111 Å². The van der Waals surface area contributed by atoms with Crippen LogP contribution in [0.15, 0.2) is 21.5 Å². The zero-order chi connectivity index (χ0) is 13.8. The predicted octanol–water partition coefficient (Wildman–Crippen LogP) is 0.602. The van der Waals surface area contributed by atoms with Crippen LogP contribution in [-0.4, -0.2) is 37.0 Å². The van der Waals surface area contributed by atoms with E-state index in [-0.39, 0.29) is 28.9 Å². The largest absolute Gasteiger partial charge is 0.490 e. The van der Waals surface area contributed by atoms with Gasteiger partial charge in [-0.3, -0.25) is 9.59 Å². The fraction of sp³-hybridized carbons (Fsp3) is 0.538. The van der Waals surface area contributed by atoms with E-state index in [4.69, 9.17) is 14.9 Å². The molecular formula is C13H18N2O4. The van der Waals surface area contributed by atoms with Gasteiger partial charge in [0.1, 0.15) is 6.26 Å². The molecule has 1 fully saturated rings. The van der Waals surface area contributed by atoms with Crippen molar-refractivity contribution in [3.63, 3.8) is 0 Å². The molecule has 1 unspecified atom stereocenters. The van der Waals surface area contributed by atoms with Gasteiger partial charge < -0.3 is 19.8 Å². The fourth-order valence-corrected chi connectivity index (χ4v) is 2.18. The maximum absolute atomic E-state index is 12.2. The molecule has 2 N–H and O–H groups in total. The molecule has 0 bridgehead atoms. The number of carbonyl (C=O) groups excluding carboxylic acids is 1. The van der Waals surface area contributed by atoms with E-state index >= 15 is 0 Å². The van der Waals surface area contributed by atoms with E-state index in [9.17, 15) is 9.59 Å². The highest BCUT2D eigenvalue weighted by atomic mass is 16.5. The summed E-state index contributed by atoms with van der Waals surface area (Å²) in [5.41, 5.74) is 5.55. The van der Waals surface area contributed by atoms with Crippen molar-refractivity contribution in [1.29, 1.82) is 0 Å². The number of hydrogen-bond donors (Lipinski definition) is 1. The molecule has 1 aliphatic heterocycles. The van der Waals surface area contributed by atoms with Crippen LogP contribution in [0.5, 0.6) is 5.75 Å². The van der Waals surface area contributed by atoms with E-state index in [1.165, 1.54) is 7.11 Å². The molecule has 1 aliphatic rings. The summed E-state index contributed by atoms with van der Waals surface area (Å²) in [6.45, 7) is 1.14. The third kappa shape index (κ3) is 3.14. The van der Waals surface area contributed by atoms with Crippen molar-refractivity contribution in [3.05, 3.63) is 28.3 Å². The standard InChI is InChI=1S/C13H18N2O4/c1-18-12-8-19-11(6-10(12)16)13(17)15-5-3-2-4-9(14)7-15/h6,8-9H,2-5,7,14H2,1H3. The van der Waals surface area contributed by atoms with Crippen LogP contribution in [0, 0.1) is 0 Å². The second-order valence-electron chi connectivity index (χ2n) is 4.68. The Morgan fingerprint density at radius 2 is 2.32 bits per heavy atom. The van der Waals surface area contributed by atoms with E-state index in [1.54, 1.807) is 4.90 Å². The average Bonchev–Trinajstić information content (AvgIpc) is 2.62. The van der Waals surface area contributed by atoms with Crippen LogP contribution in [0.3, 0.4) is 0 Å². The third-order valence-corrected chi connectivity index (χ3v) is 3.22. The molecule has 1 atom stereocenters. The van der Waals surface area contributed by atoms with Crippen molar-refractivity contribution in [2.24, 2.45) is 5.73 Å². The number of hydrogen-bond acceptors (Lipinski definition) is 5. The van der Waals surface area contributed by atoms with Gasteiger partial charge in [0, 0.05) is 25.2 Å². The number of nitrogens with zero attached hydrogens (tertiary/aromatic N) is 1. The Kier molecular flexibility index (Phi) is 4.21. The van der Waals surface area contributed by atoms with Crippen LogP contribution < -0.4 is 15.9 Å². The molecule has 0 aliphatic carbocycles. The minimum atomic E-state index is -0.365. The molecule has 104 valence electrons. The quantitative estimate of drug-likeness (QED) is 0.847. The second-order valence-corrected chi connectivity index (χ2v) is 4.68. The molecule has 1 saturated heterocycles. The molecule has 0 saturated carbocycles. The van der Waals surface area contributed by atoms with Gasteiger partial charge in [-0.15, -0.1) is 0 Å². The number of rotatable bonds is 2. The molecule has 0 spiro atoms. The van der Waals surface area contributed by atoms with Gasteiger partial charge in [0.05, 0.1) is 7.11 Å². The van der Waals surface area contributed by atoms with Crippen molar-refractivity contribution < 1.29 is 13.9 Å². The van der Waals surface area contributed by atoms with Crippen LogP contribution in [0.2, 0.25) is 0 Å². The van der Waals surface area contributed by atoms with Crippen molar-refractivity contribution in [2.75, 3.05) is 20.2 Å². The van der Waals surface area contributed by atoms with Crippen molar-refractivity contribution in [2.45, 2.75) is 25.3 Å². The molecule has 2 rings (SSSR count).